The zero-order chi connectivity index (χ0) is 16.8. The smallest absolute Gasteiger partial charge is 0.251 e. The largest absolute Gasteiger partial charge is 0.468 e. The highest BCUT2D eigenvalue weighted by Crippen LogP contribution is 2.25. The summed E-state index contributed by atoms with van der Waals surface area (Å²) in [6, 6.07) is 11.5. The molecule has 1 amide bonds. The third-order valence-corrected chi connectivity index (χ3v) is 4.44. The van der Waals surface area contributed by atoms with Crippen LogP contribution < -0.4 is 5.32 Å². The molecule has 0 saturated carbocycles. The number of likely N-dealkylation sites (tertiary alicyclic amines) is 1. The molecule has 1 atom stereocenters. The van der Waals surface area contributed by atoms with E-state index in [1.807, 2.05) is 36.4 Å². The summed E-state index contributed by atoms with van der Waals surface area (Å²) in [7, 11) is 1.66. The van der Waals surface area contributed by atoms with Gasteiger partial charge in [-0.1, -0.05) is 12.1 Å². The minimum Gasteiger partial charge on any atom is -0.468 e. The Morgan fingerprint density at radius 2 is 2.00 bits per heavy atom. The van der Waals surface area contributed by atoms with Crippen LogP contribution in [-0.2, 0) is 11.3 Å². The number of hydrogen-bond acceptors (Lipinski definition) is 4. The van der Waals surface area contributed by atoms with Gasteiger partial charge in [0.25, 0.3) is 5.91 Å². The van der Waals surface area contributed by atoms with Gasteiger partial charge in [0.05, 0.1) is 18.9 Å². The van der Waals surface area contributed by atoms with Crippen molar-refractivity contribution in [2.45, 2.75) is 25.5 Å². The number of carbonyl (C=O) groups excluding carboxylic acids is 1. The molecular formula is C19H24N2O3. The zero-order valence-electron chi connectivity index (χ0n) is 14.0. The lowest BCUT2D eigenvalue weighted by atomic mass is 10.1. The molecule has 2 aromatic rings. The van der Waals surface area contributed by atoms with E-state index < -0.39 is 0 Å². The minimum atomic E-state index is -0.0604. The summed E-state index contributed by atoms with van der Waals surface area (Å²) in [5.74, 6) is 0.849. The maximum absolute atomic E-state index is 12.4. The van der Waals surface area contributed by atoms with Crippen molar-refractivity contribution in [3.8, 4) is 0 Å². The fraction of sp³-hybridized carbons (Fsp3) is 0.421. The maximum atomic E-state index is 12.4. The fourth-order valence-electron chi connectivity index (χ4n) is 3.15. The Kier molecular flexibility index (Phi) is 5.67. The summed E-state index contributed by atoms with van der Waals surface area (Å²) in [5, 5.41) is 3.04. The van der Waals surface area contributed by atoms with E-state index in [0.29, 0.717) is 18.7 Å². The molecule has 0 radical (unpaired) electrons. The van der Waals surface area contributed by atoms with Crippen LogP contribution in [0.15, 0.2) is 47.1 Å². The molecule has 1 aromatic heterocycles. The Labute approximate surface area is 142 Å². The van der Waals surface area contributed by atoms with E-state index in [9.17, 15) is 4.79 Å². The molecule has 1 unspecified atom stereocenters. The quantitative estimate of drug-likeness (QED) is 0.849. The second-order valence-corrected chi connectivity index (χ2v) is 6.11. The molecule has 0 bridgehead atoms. The maximum Gasteiger partial charge on any atom is 0.251 e. The number of furan rings is 1. The average Bonchev–Trinajstić information content (AvgIpc) is 3.30. The first-order chi connectivity index (χ1) is 11.8. The molecule has 5 nitrogen and oxygen atoms in total. The molecule has 24 heavy (non-hydrogen) atoms. The lowest BCUT2D eigenvalue weighted by molar-refractivity contribution is 0.0933. The number of nitrogens with zero attached hydrogens (tertiary/aromatic N) is 1. The molecule has 0 spiro atoms. The molecule has 2 heterocycles. The monoisotopic (exact) mass is 328 g/mol. The second kappa shape index (κ2) is 8.13. The van der Waals surface area contributed by atoms with E-state index >= 15 is 0 Å². The number of rotatable bonds is 7. The summed E-state index contributed by atoms with van der Waals surface area (Å²) in [5.41, 5.74) is 1.72. The molecule has 1 N–H and O–H groups in total. The molecule has 1 fully saturated rings. The van der Waals surface area contributed by atoms with Gasteiger partial charge in [0.2, 0.25) is 0 Å². The Morgan fingerprint density at radius 3 is 2.62 bits per heavy atom. The Bertz CT molecular complexity index is 631. The van der Waals surface area contributed by atoms with Crippen molar-refractivity contribution in [3.05, 3.63) is 59.5 Å². The van der Waals surface area contributed by atoms with E-state index in [0.717, 1.165) is 24.4 Å². The van der Waals surface area contributed by atoms with Gasteiger partial charge in [-0.25, -0.2) is 0 Å². The number of methoxy groups -OCH3 is 1. The molecular weight excluding hydrogens is 304 g/mol. The van der Waals surface area contributed by atoms with Crippen LogP contribution in [0.5, 0.6) is 0 Å². The highest BCUT2D eigenvalue weighted by atomic mass is 16.5. The van der Waals surface area contributed by atoms with Crippen LogP contribution in [0.3, 0.4) is 0 Å². The first kappa shape index (κ1) is 16.7. The van der Waals surface area contributed by atoms with Gasteiger partial charge in [0, 0.05) is 19.2 Å². The molecule has 5 heteroatoms. The molecule has 1 aliphatic heterocycles. The number of nitrogens with one attached hydrogen (secondary N) is 1. The molecule has 1 aromatic carbocycles. The van der Waals surface area contributed by atoms with E-state index in [1.54, 1.807) is 13.4 Å². The number of amides is 1. The predicted octanol–water partition coefficient (Wildman–Crippen LogP) is 2.99. The normalized spacial score (nSPS) is 16.2. The number of benzene rings is 1. The second-order valence-electron chi connectivity index (χ2n) is 6.11. The van der Waals surface area contributed by atoms with Crippen LogP contribution in [0.25, 0.3) is 0 Å². The van der Waals surface area contributed by atoms with Crippen molar-refractivity contribution in [1.82, 2.24) is 10.2 Å². The summed E-state index contributed by atoms with van der Waals surface area (Å²) in [6.45, 7) is 3.20. The molecule has 1 saturated heterocycles. The summed E-state index contributed by atoms with van der Waals surface area (Å²) >= 11 is 0. The van der Waals surface area contributed by atoms with Crippen molar-refractivity contribution < 1.29 is 13.9 Å². The predicted molar refractivity (Wildman–Crippen MR) is 91.7 cm³/mol. The van der Waals surface area contributed by atoms with Gasteiger partial charge in [-0.3, -0.25) is 9.69 Å². The highest BCUT2D eigenvalue weighted by molar-refractivity contribution is 5.94. The molecule has 1 aliphatic rings. The standard InChI is InChI=1S/C19H24N2O3/c1-23-14-15-6-8-16(9-7-15)19(22)20-13-17(18-5-4-12-24-18)21-10-2-3-11-21/h4-9,12,17H,2-3,10-11,13-14H2,1H3,(H,20,22). The van der Waals surface area contributed by atoms with E-state index in [-0.39, 0.29) is 11.9 Å². The van der Waals surface area contributed by atoms with Crippen LogP contribution in [0, 0.1) is 0 Å². The van der Waals surface area contributed by atoms with Crippen molar-refractivity contribution in [2.75, 3.05) is 26.7 Å². The third-order valence-electron chi connectivity index (χ3n) is 4.44. The Balaban J connectivity index is 1.62. The summed E-state index contributed by atoms with van der Waals surface area (Å²) in [4.78, 5) is 14.8. The topological polar surface area (TPSA) is 54.7 Å². The highest BCUT2D eigenvalue weighted by Gasteiger charge is 2.26. The van der Waals surface area contributed by atoms with Gasteiger partial charge >= 0.3 is 0 Å². The Morgan fingerprint density at radius 1 is 1.25 bits per heavy atom. The van der Waals surface area contributed by atoms with Crippen molar-refractivity contribution in [2.24, 2.45) is 0 Å². The fourth-order valence-corrected chi connectivity index (χ4v) is 3.15. The van der Waals surface area contributed by atoms with Crippen molar-refractivity contribution in [1.29, 1.82) is 0 Å². The van der Waals surface area contributed by atoms with E-state index in [2.05, 4.69) is 10.2 Å². The van der Waals surface area contributed by atoms with Crippen LogP contribution in [0.4, 0.5) is 0 Å². The first-order valence-corrected chi connectivity index (χ1v) is 8.41. The SMILES string of the molecule is COCc1ccc(C(=O)NCC(c2ccco2)N2CCCC2)cc1. The van der Waals surface area contributed by atoms with Crippen LogP contribution in [0.2, 0.25) is 0 Å². The third kappa shape index (κ3) is 4.04. The van der Waals surface area contributed by atoms with Gasteiger partial charge < -0.3 is 14.5 Å². The lowest BCUT2D eigenvalue weighted by Gasteiger charge is -2.26. The summed E-state index contributed by atoms with van der Waals surface area (Å²) < 4.78 is 10.7. The van der Waals surface area contributed by atoms with Gasteiger partial charge in [-0.05, 0) is 55.8 Å². The first-order valence-electron chi connectivity index (χ1n) is 8.41. The van der Waals surface area contributed by atoms with Crippen molar-refractivity contribution in [3.63, 3.8) is 0 Å². The molecule has 0 aliphatic carbocycles. The lowest BCUT2D eigenvalue weighted by Crippen LogP contribution is -2.36. The Hall–Kier alpha value is -2.11. The van der Waals surface area contributed by atoms with E-state index in [1.165, 1.54) is 12.8 Å². The molecule has 128 valence electrons. The minimum absolute atomic E-state index is 0.0604. The van der Waals surface area contributed by atoms with Gasteiger partial charge in [0.15, 0.2) is 0 Å². The molecule has 3 rings (SSSR count). The van der Waals surface area contributed by atoms with E-state index in [4.69, 9.17) is 9.15 Å². The summed E-state index contributed by atoms with van der Waals surface area (Å²) in [6.07, 6.45) is 4.09. The number of ether oxygens (including phenoxy) is 1. The van der Waals surface area contributed by atoms with Crippen molar-refractivity contribution >= 4 is 5.91 Å². The van der Waals surface area contributed by atoms with Gasteiger partial charge in [-0.2, -0.15) is 0 Å². The van der Waals surface area contributed by atoms with Gasteiger partial charge in [-0.15, -0.1) is 0 Å². The zero-order valence-corrected chi connectivity index (χ0v) is 14.0. The average molecular weight is 328 g/mol. The number of hydrogen-bond donors (Lipinski definition) is 1. The van der Waals surface area contributed by atoms with Crippen LogP contribution >= 0.6 is 0 Å². The van der Waals surface area contributed by atoms with Crippen LogP contribution in [0.1, 0.15) is 40.6 Å². The van der Waals surface area contributed by atoms with Gasteiger partial charge in [0.1, 0.15) is 5.76 Å². The number of carbonyl (C=O) groups is 1. The van der Waals surface area contributed by atoms with Crippen LogP contribution in [-0.4, -0.2) is 37.6 Å².